The first-order chi connectivity index (χ1) is 15.3. The molecule has 1 aromatic heterocycles. The zero-order valence-corrected chi connectivity index (χ0v) is 19.5. The minimum absolute atomic E-state index is 0.0188. The Balaban J connectivity index is 1.55. The molecular weight excluding hydrogens is 404 g/mol. The van der Waals surface area contributed by atoms with Gasteiger partial charge >= 0.3 is 6.03 Å². The van der Waals surface area contributed by atoms with Crippen molar-refractivity contribution in [3.63, 3.8) is 0 Å². The van der Waals surface area contributed by atoms with Crippen LogP contribution in [0.5, 0.6) is 0 Å². The zero-order valence-electron chi connectivity index (χ0n) is 19.5. The quantitative estimate of drug-likeness (QED) is 0.719. The Morgan fingerprint density at radius 1 is 0.969 bits per heavy atom. The molecule has 0 radical (unpaired) electrons. The Kier molecular flexibility index (Phi) is 8.03. The highest BCUT2D eigenvalue weighted by atomic mass is 16.2. The average Bonchev–Trinajstić information content (AvgIpc) is 2.78. The molecule has 1 saturated heterocycles. The molecule has 1 aliphatic heterocycles. The van der Waals surface area contributed by atoms with Crippen molar-refractivity contribution in [2.24, 2.45) is 5.92 Å². The van der Waals surface area contributed by atoms with Crippen LogP contribution in [-0.4, -0.2) is 77.2 Å². The predicted molar refractivity (Wildman–Crippen MR) is 126 cm³/mol. The molecule has 3 rings (SSSR count). The second kappa shape index (κ2) is 10.9. The van der Waals surface area contributed by atoms with Crippen LogP contribution in [0.2, 0.25) is 0 Å². The minimum Gasteiger partial charge on any atom is -0.352 e. The Morgan fingerprint density at radius 2 is 1.66 bits per heavy atom. The van der Waals surface area contributed by atoms with Gasteiger partial charge in [0.25, 0.3) is 0 Å². The Morgan fingerprint density at radius 3 is 2.22 bits per heavy atom. The molecule has 1 aromatic carbocycles. The van der Waals surface area contributed by atoms with Gasteiger partial charge in [-0.05, 0) is 31.9 Å². The lowest BCUT2D eigenvalue weighted by Crippen LogP contribution is -2.54. The predicted octanol–water partition coefficient (Wildman–Crippen LogP) is 2.87. The molecular formula is C24H34N6O2. The van der Waals surface area contributed by atoms with E-state index in [1.807, 2.05) is 75.1 Å². The van der Waals surface area contributed by atoms with Crippen LogP contribution in [0.4, 0.5) is 10.6 Å². The van der Waals surface area contributed by atoms with E-state index in [2.05, 4.69) is 20.4 Å². The van der Waals surface area contributed by atoms with Crippen LogP contribution in [0.1, 0.15) is 27.7 Å². The van der Waals surface area contributed by atoms with Crippen molar-refractivity contribution in [3.8, 4) is 11.3 Å². The van der Waals surface area contributed by atoms with E-state index in [1.165, 1.54) is 0 Å². The third-order valence-corrected chi connectivity index (χ3v) is 5.29. The maximum absolute atomic E-state index is 12.9. The van der Waals surface area contributed by atoms with Gasteiger partial charge in [-0.25, -0.2) is 4.79 Å². The van der Waals surface area contributed by atoms with Crippen LogP contribution in [0.25, 0.3) is 11.3 Å². The second-order valence-corrected chi connectivity index (χ2v) is 8.89. The summed E-state index contributed by atoms with van der Waals surface area (Å²) < 4.78 is 0. The molecule has 8 heteroatoms. The zero-order chi connectivity index (χ0) is 23.1. The van der Waals surface area contributed by atoms with Gasteiger partial charge in [0.2, 0.25) is 5.91 Å². The number of amides is 3. The minimum atomic E-state index is -0.186. The smallest absolute Gasteiger partial charge is 0.318 e. The summed E-state index contributed by atoms with van der Waals surface area (Å²) in [7, 11) is 0. The average molecular weight is 439 g/mol. The van der Waals surface area contributed by atoms with Gasteiger partial charge in [0.1, 0.15) is 6.54 Å². The van der Waals surface area contributed by atoms with Crippen molar-refractivity contribution >= 4 is 17.8 Å². The molecule has 0 spiro atoms. The lowest BCUT2D eigenvalue weighted by Gasteiger charge is -2.36. The number of anilines is 1. The van der Waals surface area contributed by atoms with E-state index < -0.39 is 0 Å². The highest BCUT2D eigenvalue weighted by molar-refractivity contribution is 5.84. The van der Waals surface area contributed by atoms with Crippen molar-refractivity contribution in [2.75, 3.05) is 44.2 Å². The summed E-state index contributed by atoms with van der Waals surface area (Å²) in [5.41, 5.74) is 1.88. The fourth-order valence-electron chi connectivity index (χ4n) is 3.70. The Bertz CT molecular complexity index is 877. The lowest BCUT2D eigenvalue weighted by atomic mass is 10.1. The molecule has 8 nitrogen and oxygen atoms in total. The van der Waals surface area contributed by atoms with Gasteiger partial charge in [-0.2, -0.15) is 0 Å². The lowest BCUT2D eigenvalue weighted by molar-refractivity contribution is -0.132. The van der Waals surface area contributed by atoms with Crippen molar-refractivity contribution in [1.29, 1.82) is 0 Å². The van der Waals surface area contributed by atoms with E-state index in [-0.39, 0.29) is 30.4 Å². The van der Waals surface area contributed by atoms with Crippen LogP contribution < -0.4 is 10.2 Å². The molecule has 0 unspecified atom stereocenters. The van der Waals surface area contributed by atoms with E-state index in [9.17, 15) is 9.59 Å². The normalized spacial score (nSPS) is 14.1. The highest BCUT2D eigenvalue weighted by Gasteiger charge is 2.26. The number of carbonyl (C=O) groups is 2. The number of piperazine rings is 1. The number of nitrogens with one attached hydrogen (secondary N) is 1. The summed E-state index contributed by atoms with van der Waals surface area (Å²) in [6.07, 6.45) is 0. The van der Waals surface area contributed by atoms with E-state index in [4.69, 9.17) is 0 Å². The van der Waals surface area contributed by atoms with Crippen LogP contribution in [-0.2, 0) is 4.79 Å². The van der Waals surface area contributed by atoms with Gasteiger partial charge in [0.05, 0.1) is 5.69 Å². The maximum atomic E-state index is 12.9. The number of aromatic nitrogens is 2. The van der Waals surface area contributed by atoms with Gasteiger partial charge in [-0.15, -0.1) is 10.2 Å². The summed E-state index contributed by atoms with van der Waals surface area (Å²) in [5.74, 6) is 1.08. The molecule has 172 valence electrons. The first kappa shape index (κ1) is 23.5. The molecule has 0 bridgehead atoms. The largest absolute Gasteiger partial charge is 0.352 e. The third kappa shape index (κ3) is 6.42. The van der Waals surface area contributed by atoms with Gasteiger partial charge < -0.3 is 20.0 Å². The molecule has 32 heavy (non-hydrogen) atoms. The van der Waals surface area contributed by atoms with Crippen molar-refractivity contribution in [3.05, 3.63) is 42.5 Å². The first-order valence-corrected chi connectivity index (χ1v) is 11.3. The first-order valence-electron chi connectivity index (χ1n) is 11.3. The number of hydrogen-bond acceptors (Lipinski definition) is 5. The molecule has 2 aromatic rings. The number of rotatable bonds is 7. The molecule has 0 atom stereocenters. The third-order valence-electron chi connectivity index (χ3n) is 5.29. The Labute approximate surface area is 190 Å². The van der Waals surface area contributed by atoms with E-state index in [1.54, 1.807) is 4.90 Å². The topological polar surface area (TPSA) is 81.7 Å². The molecule has 0 saturated carbocycles. The van der Waals surface area contributed by atoms with Crippen molar-refractivity contribution < 1.29 is 9.59 Å². The summed E-state index contributed by atoms with van der Waals surface area (Å²) in [4.78, 5) is 31.0. The molecule has 2 heterocycles. The van der Waals surface area contributed by atoms with Crippen LogP contribution in [0, 0.1) is 5.92 Å². The fourth-order valence-corrected chi connectivity index (χ4v) is 3.70. The van der Waals surface area contributed by atoms with E-state index in [0.29, 0.717) is 32.7 Å². The standard InChI is InChI=1S/C24H34N6O2/c1-18(2)16-30(24(32)25-19(3)4)17-23(31)29-14-12-28(13-15-29)22-11-10-21(26-27-22)20-8-6-5-7-9-20/h5-11,18-19H,12-17H2,1-4H3,(H,25,32). The SMILES string of the molecule is CC(C)CN(CC(=O)N1CCN(c2ccc(-c3ccccc3)nn2)CC1)C(=O)NC(C)C. The van der Waals surface area contributed by atoms with Gasteiger partial charge in [-0.1, -0.05) is 44.2 Å². The van der Waals surface area contributed by atoms with E-state index >= 15 is 0 Å². The molecule has 3 amide bonds. The summed E-state index contributed by atoms with van der Waals surface area (Å²) in [5, 5.41) is 11.7. The molecule has 0 aliphatic carbocycles. The number of benzene rings is 1. The summed E-state index contributed by atoms with van der Waals surface area (Å²) in [6, 6.07) is 13.8. The second-order valence-electron chi connectivity index (χ2n) is 8.89. The fraction of sp³-hybridized carbons (Fsp3) is 0.500. The van der Waals surface area contributed by atoms with Crippen molar-refractivity contribution in [2.45, 2.75) is 33.7 Å². The maximum Gasteiger partial charge on any atom is 0.318 e. The number of carbonyl (C=O) groups excluding carboxylic acids is 2. The van der Waals surface area contributed by atoms with Crippen LogP contribution in [0.15, 0.2) is 42.5 Å². The molecule has 1 aliphatic rings. The van der Waals surface area contributed by atoms with Gasteiger partial charge in [0.15, 0.2) is 5.82 Å². The molecule has 1 fully saturated rings. The van der Waals surface area contributed by atoms with Gasteiger partial charge in [-0.3, -0.25) is 4.79 Å². The number of nitrogens with zero attached hydrogens (tertiary/aromatic N) is 5. The summed E-state index contributed by atoms with van der Waals surface area (Å²) in [6.45, 7) is 11.1. The van der Waals surface area contributed by atoms with Crippen LogP contribution >= 0.6 is 0 Å². The van der Waals surface area contributed by atoms with Crippen molar-refractivity contribution in [1.82, 2.24) is 25.3 Å². The monoisotopic (exact) mass is 438 g/mol. The molecule has 1 N–H and O–H groups in total. The van der Waals surface area contributed by atoms with Crippen LogP contribution in [0.3, 0.4) is 0 Å². The number of hydrogen-bond donors (Lipinski definition) is 1. The number of urea groups is 1. The highest BCUT2D eigenvalue weighted by Crippen LogP contribution is 2.19. The van der Waals surface area contributed by atoms with Gasteiger partial charge in [0, 0.05) is 44.3 Å². The van der Waals surface area contributed by atoms with E-state index in [0.717, 1.165) is 17.1 Å². The summed E-state index contributed by atoms with van der Waals surface area (Å²) >= 11 is 0. The Hall–Kier alpha value is -3.16.